The van der Waals surface area contributed by atoms with Crippen LogP contribution in [0.5, 0.6) is 0 Å². The molecule has 3 heteroatoms. The fraction of sp³-hybridized carbons (Fsp3) is 0.857. The molecule has 0 aliphatic heterocycles. The zero-order valence-electron chi connectivity index (χ0n) is 15.1. The van der Waals surface area contributed by atoms with E-state index in [0.29, 0.717) is 29.5 Å². The van der Waals surface area contributed by atoms with Gasteiger partial charge in [-0.05, 0) is 81.0 Å². The number of aldehydes is 1. The molecule has 0 spiro atoms. The highest BCUT2D eigenvalue weighted by Gasteiger charge is 2.62. The zero-order chi connectivity index (χ0) is 17.1. The minimum atomic E-state index is -0.374. The first-order chi connectivity index (χ1) is 11.4. The van der Waals surface area contributed by atoms with E-state index in [1.54, 1.807) is 6.92 Å². The van der Waals surface area contributed by atoms with Gasteiger partial charge in [-0.25, -0.2) is 0 Å². The number of ketones is 2. The Morgan fingerprint density at radius 1 is 1.08 bits per heavy atom. The summed E-state index contributed by atoms with van der Waals surface area (Å²) < 4.78 is 0. The van der Waals surface area contributed by atoms with Gasteiger partial charge >= 0.3 is 0 Å². The maximum Gasteiger partial charge on any atom is 0.133 e. The van der Waals surface area contributed by atoms with Crippen LogP contribution in [-0.2, 0) is 14.4 Å². The molecule has 24 heavy (non-hydrogen) atoms. The Balaban J connectivity index is 1.66. The van der Waals surface area contributed by atoms with Gasteiger partial charge in [0.25, 0.3) is 0 Å². The van der Waals surface area contributed by atoms with Crippen LogP contribution in [0.25, 0.3) is 0 Å². The Labute approximate surface area is 144 Å². The predicted octanol–water partition coefficient (Wildman–Crippen LogP) is 3.98. The summed E-state index contributed by atoms with van der Waals surface area (Å²) in [6.45, 7) is 4.10. The molecule has 0 saturated heterocycles. The molecule has 0 radical (unpaired) electrons. The lowest BCUT2D eigenvalue weighted by Gasteiger charge is -2.59. The third kappa shape index (κ3) is 2.05. The van der Waals surface area contributed by atoms with Crippen molar-refractivity contribution in [1.29, 1.82) is 0 Å². The average molecular weight is 330 g/mol. The third-order valence-corrected chi connectivity index (χ3v) is 8.78. The SMILES string of the molecule is CC(=O)C1CCC2C3CCC4CC(=O)CCC4(C)C3CCC12C=O. The largest absolute Gasteiger partial charge is 0.303 e. The van der Waals surface area contributed by atoms with Gasteiger partial charge in [0.2, 0.25) is 0 Å². The van der Waals surface area contributed by atoms with Gasteiger partial charge in [0.05, 0.1) is 0 Å². The maximum atomic E-state index is 12.2. The van der Waals surface area contributed by atoms with Crippen molar-refractivity contribution in [3.63, 3.8) is 0 Å². The summed E-state index contributed by atoms with van der Waals surface area (Å²) in [7, 11) is 0. The van der Waals surface area contributed by atoms with Gasteiger partial charge in [0, 0.05) is 24.2 Å². The lowest BCUT2D eigenvalue weighted by molar-refractivity contribution is -0.150. The van der Waals surface area contributed by atoms with E-state index in [1.165, 1.54) is 6.29 Å². The summed E-state index contributed by atoms with van der Waals surface area (Å²) in [6, 6.07) is 0. The van der Waals surface area contributed by atoms with E-state index >= 15 is 0 Å². The van der Waals surface area contributed by atoms with Crippen molar-refractivity contribution >= 4 is 17.9 Å². The molecule has 0 aromatic rings. The topological polar surface area (TPSA) is 51.2 Å². The number of hydrogen-bond acceptors (Lipinski definition) is 3. The maximum absolute atomic E-state index is 12.2. The number of carbonyl (C=O) groups is 3. The van der Waals surface area contributed by atoms with E-state index in [2.05, 4.69) is 6.92 Å². The summed E-state index contributed by atoms with van der Waals surface area (Å²) >= 11 is 0. The summed E-state index contributed by atoms with van der Waals surface area (Å²) in [4.78, 5) is 36.3. The molecule has 4 aliphatic carbocycles. The minimum absolute atomic E-state index is 0.0422. The zero-order valence-corrected chi connectivity index (χ0v) is 15.1. The van der Waals surface area contributed by atoms with Crippen molar-refractivity contribution in [2.24, 2.45) is 40.4 Å². The Morgan fingerprint density at radius 3 is 2.58 bits per heavy atom. The Morgan fingerprint density at radius 2 is 1.88 bits per heavy atom. The second-order valence-electron chi connectivity index (χ2n) is 9.41. The van der Waals surface area contributed by atoms with Crippen LogP contribution in [0, 0.1) is 40.4 Å². The van der Waals surface area contributed by atoms with Crippen LogP contribution < -0.4 is 0 Å². The van der Waals surface area contributed by atoms with Gasteiger partial charge in [-0.2, -0.15) is 0 Å². The van der Waals surface area contributed by atoms with Gasteiger partial charge in [0.15, 0.2) is 0 Å². The van der Waals surface area contributed by atoms with E-state index in [1.807, 2.05) is 0 Å². The Kier molecular flexibility index (Phi) is 3.78. The van der Waals surface area contributed by atoms with E-state index in [-0.39, 0.29) is 22.5 Å². The van der Waals surface area contributed by atoms with E-state index in [4.69, 9.17) is 0 Å². The fourth-order valence-corrected chi connectivity index (χ4v) is 7.58. The number of rotatable bonds is 2. The molecule has 7 atom stereocenters. The quantitative estimate of drug-likeness (QED) is 0.720. The van der Waals surface area contributed by atoms with Gasteiger partial charge in [-0.1, -0.05) is 6.92 Å². The van der Waals surface area contributed by atoms with Crippen LogP contribution in [0.1, 0.15) is 71.6 Å². The van der Waals surface area contributed by atoms with Crippen LogP contribution in [0.15, 0.2) is 0 Å². The van der Waals surface area contributed by atoms with Crippen LogP contribution in [0.2, 0.25) is 0 Å². The molecule has 0 heterocycles. The standard InChI is InChI=1S/C21H30O3/c1-13(23)17-5-6-19-16-4-3-14-11-15(24)7-9-20(14,2)18(16)8-10-21(17,19)12-22/h12,14,16-19H,3-11H2,1-2H3. The second kappa shape index (κ2) is 5.51. The normalized spacial score (nSPS) is 50.6. The van der Waals surface area contributed by atoms with Crippen molar-refractivity contribution in [3.8, 4) is 0 Å². The number of Topliss-reactive ketones (excluding diaryl/α,β-unsaturated/α-hetero) is 2. The van der Waals surface area contributed by atoms with Crippen molar-refractivity contribution in [2.45, 2.75) is 71.6 Å². The summed E-state index contributed by atoms with van der Waals surface area (Å²) in [5.41, 5.74) is -0.0964. The van der Waals surface area contributed by atoms with Crippen molar-refractivity contribution in [3.05, 3.63) is 0 Å². The smallest absolute Gasteiger partial charge is 0.133 e. The molecule has 4 saturated carbocycles. The van der Waals surface area contributed by atoms with Gasteiger partial charge in [0.1, 0.15) is 17.9 Å². The molecule has 0 N–H and O–H groups in total. The average Bonchev–Trinajstić information content (AvgIpc) is 2.95. The Hall–Kier alpha value is -0.990. The molecule has 7 unspecified atom stereocenters. The third-order valence-electron chi connectivity index (χ3n) is 8.78. The molecule has 0 amide bonds. The number of carbonyl (C=O) groups excluding carboxylic acids is 3. The lowest BCUT2D eigenvalue weighted by atomic mass is 9.44. The van der Waals surface area contributed by atoms with Crippen LogP contribution >= 0.6 is 0 Å². The first-order valence-electron chi connectivity index (χ1n) is 9.91. The highest BCUT2D eigenvalue weighted by Crippen LogP contribution is 2.66. The van der Waals surface area contributed by atoms with Crippen molar-refractivity contribution in [1.82, 2.24) is 0 Å². The molecule has 0 aromatic heterocycles. The minimum Gasteiger partial charge on any atom is -0.303 e. The number of fused-ring (bicyclic) bond motifs is 5. The van der Waals surface area contributed by atoms with Gasteiger partial charge in [-0.3, -0.25) is 9.59 Å². The summed E-state index contributed by atoms with van der Waals surface area (Å²) in [5.74, 6) is 2.81. The number of hydrogen-bond donors (Lipinski definition) is 0. The van der Waals surface area contributed by atoms with Crippen LogP contribution in [0.3, 0.4) is 0 Å². The molecule has 4 rings (SSSR count). The molecule has 4 aliphatic rings. The van der Waals surface area contributed by atoms with E-state index in [9.17, 15) is 14.4 Å². The van der Waals surface area contributed by atoms with Crippen molar-refractivity contribution in [2.75, 3.05) is 0 Å². The van der Waals surface area contributed by atoms with Crippen LogP contribution in [0.4, 0.5) is 0 Å². The molecule has 3 nitrogen and oxygen atoms in total. The first kappa shape index (κ1) is 16.5. The van der Waals surface area contributed by atoms with E-state index < -0.39 is 0 Å². The predicted molar refractivity (Wildman–Crippen MR) is 91.3 cm³/mol. The fourth-order valence-electron chi connectivity index (χ4n) is 7.58. The van der Waals surface area contributed by atoms with Gasteiger partial charge < -0.3 is 4.79 Å². The molecular weight excluding hydrogens is 300 g/mol. The molecule has 132 valence electrons. The Bertz CT molecular complexity index is 582. The molecular formula is C21H30O3. The highest BCUT2D eigenvalue weighted by atomic mass is 16.1. The van der Waals surface area contributed by atoms with E-state index in [0.717, 1.165) is 57.8 Å². The second-order valence-corrected chi connectivity index (χ2v) is 9.41. The monoisotopic (exact) mass is 330 g/mol. The first-order valence-corrected chi connectivity index (χ1v) is 9.91. The van der Waals surface area contributed by atoms with Crippen LogP contribution in [-0.4, -0.2) is 17.9 Å². The summed E-state index contributed by atoms with van der Waals surface area (Å²) in [5, 5.41) is 0. The highest BCUT2D eigenvalue weighted by molar-refractivity contribution is 5.84. The van der Waals surface area contributed by atoms with Crippen molar-refractivity contribution < 1.29 is 14.4 Å². The molecule has 0 aromatic carbocycles. The molecule has 0 bridgehead atoms. The lowest BCUT2D eigenvalue weighted by Crippen LogP contribution is -2.55. The molecule has 4 fully saturated rings. The summed E-state index contributed by atoms with van der Waals surface area (Å²) in [6.07, 6.45) is 9.94. The van der Waals surface area contributed by atoms with Gasteiger partial charge in [-0.15, -0.1) is 0 Å².